The van der Waals surface area contributed by atoms with Gasteiger partial charge >= 0.3 is 5.69 Å². The summed E-state index contributed by atoms with van der Waals surface area (Å²) in [6, 6.07) is 11.4. The van der Waals surface area contributed by atoms with Crippen molar-refractivity contribution in [3.8, 4) is 0 Å². The molecule has 5 rings (SSSR count). The highest BCUT2D eigenvalue weighted by Gasteiger charge is 2.25. The molecule has 1 aliphatic heterocycles. The first-order valence-electron chi connectivity index (χ1n) is 10.3. The lowest BCUT2D eigenvalue weighted by Crippen LogP contribution is -2.37. The zero-order chi connectivity index (χ0) is 22.6. The molecule has 2 aromatic carbocycles. The molecule has 0 bridgehead atoms. The van der Waals surface area contributed by atoms with Crippen LogP contribution >= 0.6 is 0 Å². The van der Waals surface area contributed by atoms with E-state index in [1.54, 1.807) is 11.6 Å². The summed E-state index contributed by atoms with van der Waals surface area (Å²) in [6.07, 6.45) is 0.797. The van der Waals surface area contributed by atoms with Crippen LogP contribution in [0, 0.1) is 11.6 Å². The molecule has 32 heavy (non-hydrogen) atoms. The second-order valence-corrected chi connectivity index (χ2v) is 8.09. The van der Waals surface area contributed by atoms with Crippen molar-refractivity contribution >= 4 is 17.1 Å². The molecule has 0 saturated heterocycles. The van der Waals surface area contributed by atoms with Crippen LogP contribution in [0.2, 0.25) is 0 Å². The summed E-state index contributed by atoms with van der Waals surface area (Å²) in [5.41, 5.74) is 2.22. The van der Waals surface area contributed by atoms with Crippen LogP contribution in [0.1, 0.15) is 16.7 Å². The fourth-order valence-electron chi connectivity index (χ4n) is 4.38. The zero-order valence-electron chi connectivity index (χ0n) is 17.7. The highest BCUT2D eigenvalue weighted by Crippen LogP contribution is 2.27. The number of nitrogens with zero attached hydrogens (tertiary/aromatic N) is 5. The molecule has 0 spiro atoms. The maximum atomic E-state index is 13.9. The van der Waals surface area contributed by atoms with E-state index in [4.69, 9.17) is 0 Å². The molecule has 0 amide bonds. The third-order valence-corrected chi connectivity index (χ3v) is 6.00. The summed E-state index contributed by atoms with van der Waals surface area (Å²) >= 11 is 0. The van der Waals surface area contributed by atoms with Crippen molar-refractivity contribution < 1.29 is 8.78 Å². The Morgan fingerprint density at radius 1 is 0.969 bits per heavy atom. The van der Waals surface area contributed by atoms with E-state index < -0.39 is 22.9 Å². The van der Waals surface area contributed by atoms with E-state index >= 15 is 0 Å². The molecular formula is C23H21F2N5O2. The summed E-state index contributed by atoms with van der Waals surface area (Å²) in [7, 11) is 2.96. The topological polar surface area (TPSA) is 65.1 Å². The number of aromatic nitrogens is 4. The van der Waals surface area contributed by atoms with E-state index in [1.165, 1.54) is 29.3 Å². The molecule has 0 saturated carbocycles. The standard InChI is InChI=1S/C23H21F2N5O2/c1-27-20-19(21(31)28(2)23(27)32)30(12-14-9-17(24)11-18(25)10-14)22(26-20)29-8-7-15-5-3-4-6-16(15)13-29/h3-6,9-11H,7-8,12-13H2,1-2H3. The number of halogens is 2. The number of benzene rings is 2. The molecule has 0 atom stereocenters. The first-order chi connectivity index (χ1) is 15.3. The Morgan fingerprint density at radius 3 is 2.38 bits per heavy atom. The molecule has 3 heterocycles. The van der Waals surface area contributed by atoms with Crippen molar-refractivity contribution in [1.29, 1.82) is 0 Å². The molecule has 9 heteroatoms. The summed E-state index contributed by atoms with van der Waals surface area (Å²) in [4.78, 5) is 32.2. The van der Waals surface area contributed by atoms with Crippen LogP contribution in [0.15, 0.2) is 52.1 Å². The quantitative estimate of drug-likeness (QED) is 0.494. The second kappa shape index (κ2) is 7.44. The van der Waals surface area contributed by atoms with Gasteiger partial charge in [-0.25, -0.2) is 13.6 Å². The fraction of sp³-hybridized carbons (Fsp3) is 0.261. The molecular weight excluding hydrogens is 416 g/mol. The zero-order valence-corrected chi connectivity index (χ0v) is 17.7. The highest BCUT2D eigenvalue weighted by atomic mass is 19.1. The third-order valence-electron chi connectivity index (χ3n) is 6.00. The molecule has 4 aromatic rings. The van der Waals surface area contributed by atoms with Gasteiger partial charge in [-0.3, -0.25) is 18.5 Å². The number of anilines is 1. The summed E-state index contributed by atoms with van der Waals surface area (Å²) in [5.74, 6) is -0.909. The SMILES string of the molecule is Cn1c(=O)c2c(nc(N3CCc4ccccc4C3)n2Cc2cc(F)cc(F)c2)n(C)c1=O. The van der Waals surface area contributed by atoms with Gasteiger partial charge < -0.3 is 4.90 Å². The molecule has 0 N–H and O–H groups in total. The Bertz CT molecular complexity index is 1460. The van der Waals surface area contributed by atoms with Crippen LogP contribution in [0.5, 0.6) is 0 Å². The van der Waals surface area contributed by atoms with E-state index in [0.29, 0.717) is 24.6 Å². The first kappa shape index (κ1) is 20.2. The molecule has 0 aliphatic carbocycles. The Labute approximate surface area is 181 Å². The van der Waals surface area contributed by atoms with Crippen molar-refractivity contribution in [2.45, 2.75) is 19.5 Å². The van der Waals surface area contributed by atoms with Gasteiger partial charge in [0, 0.05) is 33.3 Å². The molecule has 2 aromatic heterocycles. The average Bonchev–Trinajstić information content (AvgIpc) is 3.14. The second-order valence-electron chi connectivity index (χ2n) is 8.09. The van der Waals surface area contributed by atoms with Gasteiger partial charge in [0.2, 0.25) is 5.95 Å². The van der Waals surface area contributed by atoms with E-state index in [1.807, 2.05) is 23.1 Å². The highest BCUT2D eigenvalue weighted by molar-refractivity contribution is 5.75. The van der Waals surface area contributed by atoms with Crippen LogP contribution in [0.3, 0.4) is 0 Å². The fourth-order valence-corrected chi connectivity index (χ4v) is 4.38. The lowest BCUT2D eigenvalue weighted by Gasteiger charge is -2.30. The van der Waals surface area contributed by atoms with E-state index in [2.05, 4.69) is 11.1 Å². The lowest BCUT2D eigenvalue weighted by atomic mass is 10.0. The summed E-state index contributed by atoms with van der Waals surface area (Å²) in [6.45, 7) is 1.27. The number of fused-ring (bicyclic) bond motifs is 2. The average molecular weight is 437 g/mol. The Morgan fingerprint density at radius 2 is 1.66 bits per heavy atom. The minimum absolute atomic E-state index is 0.0338. The predicted octanol–water partition coefficient (Wildman–Crippen LogP) is 2.32. The molecule has 0 unspecified atom stereocenters. The molecule has 0 radical (unpaired) electrons. The van der Waals surface area contributed by atoms with Gasteiger partial charge in [-0.2, -0.15) is 4.98 Å². The van der Waals surface area contributed by atoms with Crippen molar-refractivity contribution in [3.63, 3.8) is 0 Å². The Balaban J connectivity index is 1.72. The number of rotatable bonds is 3. The van der Waals surface area contributed by atoms with Crippen LogP contribution in [-0.4, -0.2) is 25.2 Å². The molecule has 7 nitrogen and oxygen atoms in total. The monoisotopic (exact) mass is 437 g/mol. The van der Waals surface area contributed by atoms with Crippen LogP contribution in [-0.2, 0) is 33.6 Å². The van der Waals surface area contributed by atoms with Crippen molar-refractivity contribution in [3.05, 3.63) is 91.6 Å². The number of hydrogen-bond acceptors (Lipinski definition) is 4. The van der Waals surface area contributed by atoms with Gasteiger partial charge in [0.25, 0.3) is 5.56 Å². The minimum Gasteiger partial charge on any atom is -0.337 e. The van der Waals surface area contributed by atoms with E-state index in [0.717, 1.165) is 22.6 Å². The number of aryl methyl sites for hydroxylation is 1. The van der Waals surface area contributed by atoms with Gasteiger partial charge in [0.1, 0.15) is 11.6 Å². The number of imidazole rings is 1. The molecule has 0 fully saturated rings. The van der Waals surface area contributed by atoms with Gasteiger partial charge in [-0.15, -0.1) is 0 Å². The van der Waals surface area contributed by atoms with E-state index in [9.17, 15) is 18.4 Å². The number of hydrogen-bond donors (Lipinski definition) is 0. The van der Waals surface area contributed by atoms with E-state index in [-0.39, 0.29) is 17.7 Å². The van der Waals surface area contributed by atoms with Crippen molar-refractivity contribution in [2.24, 2.45) is 14.1 Å². The summed E-state index contributed by atoms with van der Waals surface area (Å²) in [5, 5.41) is 0. The molecule has 1 aliphatic rings. The normalized spacial score (nSPS) is 13.6. The van der Waals surface area contributed by atoms with Gasteiger partial charge in [-0.1, -0.05) is 24.3 Å². The van der Waals surface area contributed by atoms with Crippen molar-refractivity contribution in [2.75, 3.05) is 11.4 Å². The van der Waals surface area contributed by atoms with Crippen LogP contribution in [0.25, 0.3) is 11.2 Å². The van der Waals surface area contributed by atoms with Crippen molar-refractivity contribution in [1.82, 2.24) is 18.7 Å². The Hall–Kier alpha value is -3.75. The van der Waals surface area contributed by atoms with Crippen LogP contribution < -0.4 is 16.1 Å². The largest absolute Gasteiger partial charge is 0.337 e. The third kappa shape index (κ3) is 3.21. The summed E-state index contributed by atoms with van der Waals surface area (Å²) < 4.78 is 31.7. The minimum atomic E-state index is -0.696. The van der Waals surface area contributed by atoms with Gasteiger partial charge in [0.15, 0.2) is 11.2 Å². The predicted molar refractivity (Wildman–Crippen MR) is 117 cm³/mol. The molecule has 164 valence electrons. The van der Waals surface area contributed by atoms with Crippen LogP contribution in [0.4, 0.5) is 14.7 Å². The Kier molecular flexibility index (Phi) is 4.69. The van der Waals surface area contributed by atoms with Gasteiger partial charge in [0.05, 0.1) is 6.54 Å². The smallest absolute Gasteiger partial charge is 0.332 e. The first-order valence-corrected chi connectivity index (χ1v) is 10.3. The maximum Gasteiger partial charge on any atom is 0.332 e. The lowest BCUT2D eigenvalue weighted by molar-refractivity contribution is 0.577. The maximum absolute atomic E-state index is 13.9. The van der Waals surface area contributed by atoms with Gasteiger partial charge in [-0.05, 0) is 35.2 Å².